The second-order valence-corrected chi connectivity index (χ2v) is 4.91. The highest BCUT2D eigenvalue weighted by Gasteiger charge is 2.24. The summed E-state index contributed by atoms with van der Waals surface area (Å²) >= 11 is 0. The van der Waals surface area contributed by atoms with Crippen LogP contribution in [0, 0.1) is 5.92 Å². The number of anilines is 1. The molecule has 1 aromatic rings. The summed E-state index contributed by atoms with van der Waals surface area (Å²) in [4.78, 5) is 7.17. The van der Waals surface area contributed by atoms with Crippen LogP contribution in [0.5, 0.6) is 0 Å². The molecule has 0 saturated heterocycles. The van der Waals surface area contributed by atoms with Crippen LogP contribution in [-0.4, -0.2) is 25.1 Å². The van der Waals surface area contributed by atoms with Gasteiger partial charge >= 0.3 is 0 Å². The highest BCUT2D eigenvalue weighted by Crippen LogP contribution is 2.31. The monoisotopic (exact) mass is 233 g/mol. The number of aromatic nitrogens is 1. The molecule has 0 atom stereocenters. The number of hydrogen-bond donors (Lipinski definition) is 1. The Kier molecular flexibility index (Phi) is 4.37. The lowest BCUT2D eigenvalue weighted by molar-refractivity contribution is 0.693. The molecule has 0 bridgehead atoms. The summed E-state index contributed by atoms with van der Waals surface area (Å²) < 4.78 is 0. The third-order valence-electron chi connectivity index (χ3n) is 3.14. The molecule has 0 unspecified atom stereocenters. The van der Waals surface area contributed by atoms with E-state index in [2.05, 4.69) is 35.3 Å². The molecule has 1 aromatic heterocycles. The molecule has 3 nitrogen and oxygen atoms in total. The number of pyridine rings is 1. The van der Waals surface area contributed by atoms with E-state index >= 15 is 0 Å². The lowest BCUT2D eigenvalue weighted by Crippen LogP contribution is -2.27. The van der Waals surface area contributed by atoms with Crippen LogP contribution in [0.3, 0.4) is 0 Å². The summed E-state index contributed by atoms with van der Waals surface area (Å²) in [5.74, 6) is 2.06. The number of nitrogens with one attached hydrogen (secondary N) is 1. The molecule has 1 aliphatic carbocycles. The predicted octanol–water partition coefficient (Wildman–Crippen LogP) is 2.43. The Morgan fingerprint density at radius 1 is 1.41 bits per heavy atom. The van der Waals surface area contributed by atoms with Gasteiger partial charge in [-0.15, -0.1) is 0 Å². The molecule has 0 spiro atoms. The van der Waals surface area contributed by atoms with Gasteiger partial charge in [-0.3, -0.25) is 0 Å². The van der Waals surface area contributed by atoms with Crippen molar-refractivity contribution in [3.05, 3.63) is 23.9 Å². The van der Waals surface area contributed by atoms with Crippen molar-refractivity contribution in [2.24, 2.45) is 5.92 Å². The van der Waals surface area contributed by atoms with Gasteiger partial charge in [0.15, 0.2) is 0 Å². The fourth-order valence-electron chi connectivity index (χ4n) is 2.10. The van der Waals surface area contributed by atoms with Crippen molar-refractivity contribution in [3.63, 3.8) is 0 Å². The average Bonchev–Trinajstić information content (AvgIpc) is 3.13. The number of rotatable bonds is 7. The lowest BCUT2D eigenvalue weighted by atomic mass is 10.3. The third-order valence-corrected chi connectivity index (χ3v) is 3.14. The van der Waals surface area contributed by atoms with Gasteiger partial charge in [-0.1, -0.05) is 13.0 Å². The van der Waals surface area contributed by atoms with E-state index < -0.39 is 0 Å². The fraction of sp³-hybridized carbons (Fsp3) is 0.643. The van der Waals surface area contributed by atoms with Gasteiger partial charge in [-0.25, -0.2) is 4.98 Å². The number of nitrogens with zero attached hydrogens (tertiary/aromatic N) is 2. The van der Waals surface area contributed by atoms with Crippen LogP contribution in [0.4, 0.5) is 5.82 Å². The van der Waals surface area contributed by atoms with E-state index in [1.165, 1.54) is 25.8 Å². The highest BCUT2D eigenvalue weighted by atomic mass is 15.2. The van der Waals surface area contributed by atoms with E-state index in [1.54, 1.807) is 0 Å². The van der Waals surface area contributed by atoms with E-state index in [1.807, 2.05) is 7.05 Å². The van der Waals surface area contributed by atoms with Gasteiger partial charge in [-0.2, -0.15) is 0 Å². The zero-order valence-corrected chi connectivity index (χ0v) is 10.9. The normalized spacial score (nSPS) is 14.9. The SMILES string of the molecule is CCCN(CC1CC1)c1cccc(CNC)n1. The van der Waals surface area contributed by atoms with E-state index in [0.717, 1.165) is 30.5 Å². The molecule has 0 radical (unpaired) electrons. The molecular formula is C14H23N3. The van der Waals surface area contributed by atoms with Gasteiger partial charge in [0, 0.05) is 19.6 Å². The largest absolute Gasteiger partial charge is 0.356 e. The second kappa shape index (κ2) is 6.01. The van der Waals surface area contributed by atoms with Crippen LogP contribution in [0.2, 0.25) is 0 Å². The Labute approximate surface area is 104 Å². The summed E-state index contributed by atoms with van der Waals surface area (Å²) in [5, 5.41) is 3.15. The van der Waals surface area contributed by atoms with Gasteiger partial charge in [0.25, 0.3) is 0 Å². The molecule has 1 N–H and O–H groups in total. The molecule has 2 rings (SSSR count). The third kappa shape index (κ3) is 3.70. The van der Waals surface area contributed by atoms with Gasteiger partial charge in [0.05, 0.1) is 5.69 Å². The van der Waals surface area contributed by atoms with Crippen molar-refractivity contribution >= 4 is 5.82 Å². The molecule has 1 aliphatic rings. The Morgan fingerprint density at radius 2 is 2.24 bits per heavy atom. The predicted molar refractivity (Wildman–Crippen MR) is 72.2 cm³/mol. The van der Waals surface area contributed by atoms with Crippen LogP contribution in [0.25, 0.3) is 0 Å². The van der Waals surface area contributed by atoms with Crippen LogP contribution < -0.4 is 10.2 Å². The van der Waals surface area contributed by atoms with E-state index in [-0.39, 0.29) is 0 Å². The number of hydrogen-bond acceptors (Lipinski definition) is 3. The maximum atomic E-state index is 4.73. The van der Waals surface area contributed by atoms with Crippen molar-refractivity contribution in [2.75, 3.05) is 25.0 Å². The van der Waals surface area contributed by atoms with Crippen molar-refractivity contribution in [2.45, 2.75) is 32.7 Å². The molecule has 17 heavy (non-hydrogen) atoms. The van der Waals surface area contributed by atoms with Gasteiger partial charge in [-0.05, 0) is 44.4 Å². The van der Waals surface area contributed by atoms with Crippen molar-refractivity contribution in [3.8, 4) is 0 Å². The van der Waals surface area contributed by atoms with Crippen LogP contribution in [0.1, 0.15) is 31.9 Å². The second-order valence-electron chi connectivity index (χ2n) is 4.91. The first kappa shape index (κ1) is 12.4. The summed E-state index contributed by atoms with van der Waals surface area (Å²) in [7, 11) is 1.96. The van der Waals surface area contributed by atoms with Gasteiger partial charge in [0.1, 0.15) is 5.82 Å². The molecule has 3 heteroatoms. The standard InChI is InChI=1S/C14H23N3/c1-3-9-17(11-12-7-8-12)14-6-4-5-13(16-14)10-15-2/h4-6,12,15H,3,7-11H2,1-2H3. The summed E-state index contributed by atoms with van der Waals surface area (Å²) in [6.45, 7) is 5.38. The molecule has 1 saturated carbocycles. The van der Waals surface area contributed by atoms with E-state index in [4.69, 9.17) is 4.98 Å². The topological polar surface area (TPSA) is 28.2 Å². The van der Waals surface area contributed by atoms with Gasteiger partial charge < -0.3 is 10.2 Å². The molecule has 0 amide bonds. The van der Waals surface area contributed by atoms with Crippen LogP contribution >= 0.6 is 0 Å². The molecule has 0 aromatic carbocycles. The van der Waals surface area contributed by atoms with Crippen molar-refractivity contribution in [1.82, 2.24) is 10.3 Å². The summed E-state index contributed by atoms with van der Waals surface area (Å²) in [5.41, 5.74) is 1.13. The Balaban J connectivity index is 2.06. The summed E-state index contributed by atoms with van der Waals surface area (Å²) in [6.07, 6.45) is 3.98. The maximum Gasteiger partial charge on any atom is 0.128 e. The maximum absolute atomic E-state index is 4.73. The minimum absolute atomic E-state index is 0.844. The lowest BCUT2D eigenvalue weighted by Gasteiger charge is -2.23. The van der Waals surface area contributed by atoms with Gasteiger partial charge in [0.2, 0.25) is 0 Å². The molecule has 94 valence electrons. The first-order valence-corrected chi connectivity index (χ1v) is 6.69. The summed E-state index contributed by atoms with van der Waals surface area (Å²) in [6, 6.07) is 6.34. The van der Waals surface area contributed by atoms with Crippen LogP contribution in [0.15, 0.2) is 18.2 Å². The first-order chi connectivity index (χ1) is 8.33. The fourth-order valence-corrected chi connectivity index (χ4v) is 2.10. The zero-order valence-electron chi connectivity index (χ0n) is 10.9. The Hall–Kier alpha value is -1.09. The molecular weight excluding hydrogens is 210 g/mol. The molecule has 0 aliphatic heterocycles. The molecule has 1 fully saturated rings. The Bertz CT molecular complexity index is 347. The smallest absolute Gasteiger partial charge is 0.128 e. The van der Waals surface area contributed by atoms with Crippen molar-refractivity contribution < 1.29 is 0 Å². The zero-order chi connectivity index (χ0) is 12.1. The first-order valence-electron chi connectivity index (χ1n) is 6.69. The average molecular weight is 233 g/mol. The van der Waals surface area contributed by atoms with E-state index in [9.17, 15) is 0 Å². The minimum Gasteiger partial charge on any atom is -0.356 e. The highest BCUT2D eigenvalue weighted by molar-refractivity contribution is 5.39. The van der Waals surface area contributed by atoms with E-state index in [0.29, 0.717) is 0 Å². The quantitative estimate of drug-likeness (QED) is 0.784. The van der Waals surface area contributed by atoms with Crippen molar-refractivity contribution in [1.29, 1.82) is 0 Å². The Morgan fingerprint density at radius 3 is 2.88 bits per heavy atom. The minimum atomic E-state index is 0.844. The molecule has 1 heterocycles. The van der Waals surface area contributed by atoms with Crippen LogP contribution in [-0.2, 0) is 6.54 Å².